The number of carboxylic acid groups (broad SMARTS) is 2. The zero-order chi connectivity index (χ0) is 44.7. The van der Waals surface area contributed by atoms with Crippen molar-refractivity contribution in [1.29, 1.82) is 0 Å². The third kappa shape index (κ3) is 8.75. The van der Waals surface area contributed by atoms with E-state index in [-0.39, 0.29) is 23.5 Å². The zero-order valence-corrected chi connectivity index (χ0v) is 33.4. The molecular weight excluding hydrogens is 842 g/mol. The lowest BCUT2D eigenvalue weighted by molar-refractivity contribution is -0.283. The number of amides is 1. The summed E-state index contributed by atoms with van der Waals surface area (Å²) in [6, 6.07) is 18.4. The highest BCUT2D eigenvalue weighted by atomic mass is 32.2. The predicted molar refractivity (Wildman–Crippen MR) is 211 cm³/mol. The Bertz CT molecular complexity index is 2240. The van der Waals surface area contributed by atoms with E-state index in [2.05, 4.69) is 0 Å². The number of carbonyl (C=O) groups is 3. The van der Waals surface area contributed by atoms with E-state index < -0.39 is 125 Å². The van der Waals surface area contributed by atoms with E-state index in [1.807, 2.05) is 6.92 Å². The number of nitrogens with zero attached hydrogens (tertiary/aromatic N) is 1. The molecule has 3 fully saturated rings. The number of aliphatic hydroxyl groups is 7. The maximum Gasteiger partial charge on any atom is 0.335 e. The Labute approximate surface area is 354 Å². The third-order valence-corrected chi connectivity index (χ3v) is 12.9. The molecule has 18 nitrogen and oxygen atoms in total. The lowest BCUT2D eigenvalue weighted by Crippen LogP contribution is -2.68. The topological polar surface area (TPSA) is 291 Å². The van der Waals surface area contributed by atoms with Crippen LogP contribution in [0.25, 0.3) is 5.57 Å². The van der Waals surface area contributed by atoms with Gasteiger partial charge >= 0.3 is 11.9 Å². The minimum Gasteiger partial charge on any atom is -0.479 e. The summed E-state index contributed by atoms with van der Waals surface area (Å²) in [5, 5.41) is 92.1. The summed E-state index contributed by atoms with van der Waals surface area (Å²) < 4.78 is 50.6. The average molecular weight is 886 g/mol. The molecule has 3 saturated heterocycles. The lowest BCUT2D eigenvalue weighted by atomic mass is 9.78. The number of carbonyl (C=O) groups excluding carboxylic acids is 1. The molecule has 9 N–H and O–H groups in total. The minimum atomic E-state index is -2.09. The molecule has 3 aromatic carbocycles. The third-order valence-electron chi connectivity index (χ3n) is 11.2. The fourth-order valence-electron chi connectivity index (χ4n) is 7.94. The second-order valence-corrected chi connectivity index (χ2v) is 17.0. The van der Waals surface area contributed by atoms with E-state index in [4.69, 9.17) is 18.9 Å². The van der Waals surface area contributed by atoms with Crippen LogP contribution in [-0.4, -0.2) is 146 Å². The van der Waals surface area contributed by atoms with Gasteiger partial charge in [-0.3, -0.25) is 9.00 Å². The first kappa shape index (κ1) is 44.9. The van der Waals surface area contributed by atoms with Crippen LogP contribution in [0.2, 0.25) is 0 Å². The van der Waals surface area contributed by atoms with Gasteiger partial charge in [0.25, 0.3) is 0 Å². The van der Waals surface area contributed by atoms with Crippen molar-refractivity contribution in [2.75, 3.05) is 10.7 Å². The van der Waals surface area contributed by atoms with Crippen LogP contribution in [0.1, 0.15) is 30.6 Å². The van der Waals surface area contributed by atoms with Gasteiger partial charge in [-0.05, 0) is 77.1 Å². The summed E-state index contributed by atoms with van der Waals surface area (Å²) in [7, 11) is -2.09. The summed E-state index contributed by atoms with van der Waals surface area (Å²) in [6.07, 6.45) is -19.3. The number of ether oxygens (including phenoxy) is 4. The number of anilines is 1. The summed E-state index contributed by atoms with van der Waals surface area (Å²) >= 11 is 0. The highest BCUT2D eigenvalue weighted by molar-refractivity contribution is 7.86. The van der Waals surface area contributed by atoms with Crippen molar-refractivity contribution in [1.82, 2.24) is 0 Å². The van der Waals surface area contributed by atoms with E-state index in [0.29, 0.717) is 22.4 Å². The minimum absolute atomic E-state index is 0.0204. The Morgan fingerprint density at radius 2 is 1.39 bits per heavy atom. The van der Waals surface area contributed by atoms with Crippen molar-refractivity contribution >= 4 is 39.9 Å². The molecule has 332 valence electrons. The van der Waals surface area contributed by atoms with Crippen molar-refractivity contribution in [2.45, 2.75) is 92.2 Å². The molecule has 4 aliphatic rings. The van der Waals surface area contributed by atoms with Gasteiger partial charge in [0.1, 0.15) is 59.2 Å². The van der Waals surface area contributed by atoms with E-state index in [1.165, 1.54) is 35.2 Å². The van der Waals surface area contributed by atoms with E-state index >= 15 is 0 Å². The van der Waals surface area contributed by atoms with Gasteiger partial charge in [-0.15, -0.1) is 0 Å². The first-order valence-corrected chi connectivity index (χ1v) is 20.8. The number of β-lactam (4-membered cyclic amide) rings is 1. The second kappa shape index (κ2) is 18.3. The number of rotatable bonds is 13. The largest absolute Gasteiger partial charge is 0.479 e. The normalized spacial score (nSPS) is 33.5. The van der Waals surface area contributed by atoms with Crippen LogP contribution in [0, 0.1) is 11.7 Å². The Morgan fingerprint density at radius 3 is 1.97 bits per heavy atom. The number of carboxylic acids is 2. The quantitative estimate of drug-likeness (QED) is 0.102. The molecule has 0 spiro atoms. The SMILES string of the molecule is CC1CC([C@@H]2[C@@H](S(=O)C[C@H](O)c3ccc(F)cc3)C(=O)N2c2ccccc2)=C(O[C@@H]2OC(C(=O)O)[C@@H](O)C(O)C2O)C=C1c1cccc(O[C@@H]2OC(C(=O)O)[C@@H](O)C(O)C2O)c1. The van der Waals surface area contributed by atoms with Crippen LogP contribution >= 0.6 is 0 Å². The molecule has 0 radical (unpaired) electrons. The Morgan fingerprint density at radius 1 is 0.806 bits per heavy atom. The number of aliphatic hydroxyl groups excluding tert-OH is 7. The van der Waals surface area contributed by atoms with E-state index in [9.17, 15) is 68.9 Å². The molecule has 3 heterocycles. The van der Waals surface area contributed by atoms with Crippen LogP contribution in [0.3, 0.4) is 0 Å². The standard InChI is InChI=1S/C42H44FNO17S/c1-18-14-25(28-37(38(52)44(28)22-7-3-2-4-8-22)62(57)17-26(45)19-10-12-21(43)13-11-19)27(59-42-34(51)30(47)32(49)36(61-42)40(55)56)16-24(18)20-6-5-9-23(15-20)58-41-33(50)29(46)31(48)35(60-41)39(53)54/h2-13,15-16,18,26,28-37,41-42,45-51H,14,17H2,1H3,(H,53,54)(H,55,56)/t18?,26-,28+,29?,30?,31-,32-,33?,34?,35?,36?,37+,41+,42+,62?/m0/s1. The highest BCUT2D eigenvalue weighted by Crippen LogP contribution is 2.45. The fraction of sp³-hybridized carbons (Fsp3) is 0.405. The molecule has 62 heavy (non-hydrogen) atoms. The predicted octanol–water partition coefficient (Wildman–Crippen LogP) is -0.0509. The van der Waals surface area contributed by atoms with Gasteiger partial charge in [-0.2, -0.15) is 0 Å². The molecule has 15 atom stereocenters. The van der Waals surface area contributed by atoms with Gasteiger partial charge in [0.05, 0.1) is 17.9 Å². The van der Waals surface area contributed by atoms with Crippen LogP contribution in [0.15, 0.2) is 96.3 Å². The lowest BCUT2D eigenvalue weighted by Gasteiger charge is -2.49. The number of halogens is 1. The van der Waals surface area contributed by atoms with E-state index in [1.54, 1.807) is 42.5 Å². The van der Waals surface area contributed by atoms with Crippen molar-refractivity contribution in [3.63, 3.8) is 0 Å². The number of benzene rings is 3. The number of hydrogen-bond acceptors (Lipinski definition) is 15. The number of hydrogen-bond donors (Lipinski definition) is 9. The van der Waals surface area contributed by atoms with Crippen LogP contribution in [0.5, 0.6) is 5.75 Å². The van der Waals surface area contributed by atoms with Crippen LogP contribution < -0.4 is 9.64 Å². The van der Waals surface area contributed by atoms with Gasteiger partial charge in [0, 0.05) is 16.5 Å². The molecule has 1 aliphatic carbocycles. The molecule has 0 saturated carbocycles. The van der Waals surface area contributed by atoms with Gasteiger partial charge in [-0.25, -0.2) is 14.0 Å². The number of para-hydroxylation sites is 1. The maximum atomic E-state index is 14.2. The smallest absolute Gasteiger partial charge is 0.335 e. The summed E-state index contributed by atoms with van der Waals surface area (Å²) in [4.78, 5) is 39.2. The number of allylic oxidation sites excluding steroid dienone is 2. The van der Waals surface area contributed by atoms with Crippen LogP contribution in [0.4, 0.5) is 10.1 Å². The summed E-state index contributed by atoms with van der Waals surface area (Å²) in [5.74, 6) is -5.39. The molecule has 0 aromatic heterocycles. The fourth-order valence-corrected chi connectivity index (χ4v) is 9.56. The van der Waals surface area contributed by atoms with Crippen LogP contribution in [-0.2, 0) is 39.4 Å². The second-order valence-electron chi connectivity index (χ2n) is 15.4. The van der Waals surface area contributed by atoms with Crippen molar-refractivity contribution < 1.29 is 87.9 Å². The highest BCUT2D eigenvalue weighted by Gasteiger charge is 2.56. The van der Waals surface area contributed by atoms with Crippen molar-refractivity contribution in [3.8, 4) is 5.75 Å². The number of aliphatic carboxylic acids is 2. The monoisotopic (exact) mass is 885 g/mol. The first-order valence-electron chi connectivity index (χ1n) is 19.4. The van der Waals surface area contributed by atoms with Crippen molar-refractivity contribution in [3.05, 3.63) is 113 Å². The first-order chi connectivity index (χ1) is 29.5. The maximum absolute atomic E-state index is 14.2. The molecule has 20 heteroatoms. The summed E-state index contributed by atoms with van der Waals surface area (Å²) in [5.41, 5.74) is 1.92. The average Bonchev–Trinajstić information content (AvgIpc) is 3.24. The summed E-state index contributed by atoms with van der Waals surface area (Å²) in [6.45, 7) is 1.81. The molecule has 7 rings (SSSR count). The Kier molecular flexibility index (Phi) is 13.3. The molecule has 3 aromatic rings. The molecular formula is C42H44FNO17S. The van der Waals surface area contributed by atoms with Gasteiger partial charge in [0.2, 0.25) is 18.5 Å². The molecule has 0 bridgehead atoms. The molecule has 8 unspecified atom stereocenters. The van der Waals surface area contributed by atoms with Gasteiger partial charge in [-0.1, -0.05) is 49.4 Å². The zero-order valence-electron chi connectivity index (χ0n) is 32.6. The van der Waals surface area contributed by atoms with E-state index in [0.717, 1.165) is 12.1 Å². The molecule has 3 aliphatic heterocycles. The Balaban J connectivity index is 1.29. The van der Waals surface area contributed by atoms with Gasteiger partial charge in [0.15, 0.2) is 12.2 Å². The van der Waals surface area contributed by atoms with Gasteiger partial charge < -0.3 is 69.8 Å². The van der Waals surface area contributed by atoms with Crippen molar-refractivity contribution in [2.24, 2.45) is 5.92 Å². The Hall–Kier alpha value is -5.13. The molecule has 1 amide bonds.